The monoisotopic (exact) mass is 255 g/mol. The Kier molecular flexibility index (Phi) is 3.69. The second-order valence-electron chi connectivity index (χ2n) is 3.36. The standard InChI is InChI=1S/C11H14BrNO/c1-8(13(3)9(2)14)10-4-6-11(12)7-5-10/h4-8H,1-3H3/t8-/m1/s1. The first-order valence-corrected chi connectivity index (χ1v) is 5.30. The Morgan fingerprint density at radius 1 is 1.36 bits per heavy atom. The minimum Gasteiger partial charge on any atom is -0.339 e. The molecule has 1 aromatic carbocycles. The van der Waals surface area contributed by atoms with Gasteiger partial charge in [-0.15, -0.1) is 0 Å². The molecule has 0 heterocycles. The molecule has 1 rings (SSSR count). The van der Waals surface area contributed by atoms with Crippen molar-refractivity contribution in [3.63, 3.8) is 0 Å². The van der Waals surface area contributed by atoms with Crippen molar-refractivity contribution in [2.45, 2.75) is 19.9 Å². The molecule has 0 fully saturated rings. The van der Waals surface area contributed by atoms with Gasteiger partial charge in [0.25, 0.3) is 0 Å². The Labute approximate surface area is 93.0 Å². The first-order chi connectivity index (χ1) is 6.52. The van der Waals surface area contributed by atoms with E-state index in [0.29, 0.717) is 0 Å². The molecule has 0 radical (unpaired) electrons. The van der Waals surface area contributed by atoms with E-state index in [2.05, 4.69) is 15.9 Å². The van der Waals surface area contributed by atoms with E-state index >= 15 is 0 Å². The summed E-state index contributed by atoms with van der Waals surface area (Å²) in [6.45, 7) is 3.60. The third kappa shape index (κ3) is 2.58. The van der Waals surface area contributed by atoms with Crippen molar-refractivity contribution in [3.8, 4) is 0 Å². The number of halogens is 1. The summed E-state index contributed by atoms with van der Waals surface area (Å²) in [5.74, 6) is 0.0837. The van der Waals surface area contributed by atoms with Crippen molar-refractivity contribution in [3.05, 3.63) is 34.3 Å². The maximum Gasteiger partial charge on any atom is 0.219 e. The number of hydrogen-bond donors (Lipinski definition) is 0. The fourth-order valence-corrected chi connectivity index (χ4v) is 1.50. The number of nitrogens with zero attached hydrogens (tertiary/aromatic N) is 1. The average Bonchev–Trinajstić information content (AvgIpc) is 2.16. The van der Waals surface area contributed by atoms with Crippen LogP contribution in [0.3, 0.4) is 0 Å². The van der Waals surface area contributed by atoms with Gasteiger partial charge in [0.2, 0.25) is 5.91 Å². The molecular formula is C11H14BrNO. The molecule has 1 atom stereocenters. The van der Waals surface area contributed by atoms with Crippen molar-refractivity contribution in [2.75, 3.05) is 7.05 Å². The number of carbonyl (C=O) groups excluding carboxylic acids is 1. The zero-order valence-electron chi connectivity index (χ0n) is 8.62. The largest absolute Gasteiger partial charge is 0.339 e. The number of carbonyl (C=O) groups is 1. The van der Waals surface area contributed by atoms with E-state index < -0.39 is 0 Å². The van der Waals surface area contributed by atoms with Gasteiger partial charge in [-0.05, 0) is 24.6 Å². The van der Waals surface area contributed by atoms with E-state index in [9.17, 15) is 4.79 Å². The molecule has 0 aliphatic heterocycles. The molecule has 14 heavy (non-hydrogen) atoms. The highest BCUT2D eigenvalue weighted by Gasteiger charge is 2.13. The fraction of sp³-hybridized carbons (Fsp3) is 0.364. The van der Waals surface area contributed by atoms with Crippen LogP contribution in [-0.2, 0) is 4.79 Å². The Bertz CT molecular complexity index is 321. The van der Waals surface area contributed by atoms with Crippen molar-refractivity contribution in [2.24, 2.45) is 0 Å². The van der Waals surface area contributed by atoms with Crippen LogP contribution in [0.5, 0.6) is 0 Å². The average molecular weight is 256 g/mol. The van der Waals surface area contributed by atoms with Gasteiger partial charge in [-0.2, -0.15) is 0 Å². The van der Waals surface area contributed by atoms with E-state index in [1.807, 2.05) is 38.2 Å². The molecule has 76 valence electrons. The van der Waals surface area contributed by atoms with Crippen molar-refractivity contribution < 1.29 is 4.79 Å². The molecule has 0 spiro atoms. The second kappa shape index (κ2) is 4.60. The summed E-state index contributed by atoms with van der Waals surface area (Å²) in [5, 5.41) is 0. The summed E-state index contributed by atoms with van der Waals surface area (Å²) in [4.78, 5) is 12.9. The molecule has 1 aromatic rings. The van der Waals surface area contributed by atoms with Crippen LogP contribution < -0.4 is 0 Å². The Morgan fingerprint density at radius 2 is 1.86 bits per heavy atom. The van der Waals surface area contributed by atoms with Crippen LogP contribution >= 0.6 is 15.9 Å². The summed E-state index contributed by atoms with van der Waals surface area (Å²) in [7, 11) is 1.81. The van der Waals surface area contributed by atoms with Gasteiger partial charge in [0.15, 0.2) is 0 Å². The third-order valence-electron chi connectivity index (χ3n) is 2.43. The van der Waals surface area contributed by atoms with Crippen LogP contribution in [-0.4, -0.2) is 17.9 Å². The minimum atomic E-state index is 0.0837. The topological polar surface area (TPSA) is 20.3 Å². The van der Waals surface area contributed by atoms with Crippen molar-refractivity contribution in [1.29, 1.82) is 0 Å². The maximum atomic E-state index is 11.1. The van der Waals surface area contributed by atoms with Gasteiger partial charge in [-0.25, -0.2) is 0 Å². The fourth-order valence-electron chi connectivity index (χ4n) is 1.24. The number of hydrogen-bond acceptors (Lipinski definition) is 1. The molecule has 2 nitrogen and oxygen atoms in total. The van der Waals surface area contributed by atoms with Gasteiger partial charge in [0.05, 0.1) is 6.04 Å². The summed E-state index contributed by atoms with van der Waals surface area (Å²) < 4.78 is 1.05. The highest BCUT2D eigenvalue weighted by atomic mass is 79.9. The van der Waals surface area contributed by atoms with Crippen LogP contribution in [0, 0.1) is 0 Å². The quantitative estimate of drug-likeness (QED) is 0.796. The first kappa shape index (κ1) is 11.2. The molecule has 0 bridgehead atoms. The number of rotatable bonds is 2. The van der Waals surface area contributed by atoms with Crippen LogP contribution in [0.15, 0.2) is 28.7 Å². The normalized spacial score (nSPS) is 12.3. The van der Waals surface area contributed by atoms with E-state index in [0.717, 1.165) is 10.0 Å². The first-order valence-electron chi connectivity index (χ1n) is 4.51. The molecule has 0 N–H and O–H groups in total. The molecule has 0 unspecified atom stereocenters. The minimum absolute atomic E-state index is 0.0837. The van der Waals surface area contributed by atoms with E-state index in [1.54, 1.807) is 11.8 Å². The summed E-state index contributed by atoms with van der Waals surface area (Å²) in [5.41, 5.74) is 1.14. The number of amides is 1. The predicted molar refractivity (Wildman–Crippen MR) is 61.0 cm³/mol. The Hall–Kier alpha value is -0.830. The summed E-state index contributed by atoms with van der Waals surface area (Å²) in [6, 6.07) is 8.14. The van der Waals surface area contributed by atoms with Gasteiger partial charge in [0, 0.05) is 18.4 Å². The Morgan fingerprint density at radius 3 is 2.29 bits per heavy atom. The lowest BCUT2D eigenvalue weighted by atomic mass is 10.1. The van der Waals surface area contributed by atoms with E-state index in [-0.39, 0.29) is 11.9 Å². The second-order valence-corrected chi connectivity index (χ2v) is 4.27. The molecule has 0 saturated carbocycles. The third-order valence-corrected chi connectivity index (χ3v) is 2.96. The Balaban J connectivity index is 2.84. The molecule has 0 aliphatic rings. The van der Waals surface area contributed by atoms with Gasteiger partial charge in [0.1, 0.15) is 0 Å². The van der Waals surface area contributed by atoms with E-state index in [4.69, 9.17) is 0 Å². The lowest BCUT2D eigenvalue weighted by Gasteiger charge is -2.23. The molecule has 0 saturated heterocycles. The lowest BCUT2D eigenvalue weighted by molar-refractivity contribution is -0.129. The van der Waals surface area contributed by atoms with Gasteiger partial charge in [-0.1, -0.05) is 28.1 Å². The van der Waals surface area contributed by atoms with Crippen molar-refractivity contribution >= 4 is 21.8 Å². The zero-order chi connectivity index (χ0) is 10.7. The highest BCUT2D eigenvalue weighted by Crippen LogP contribution is 2.20. The molecular weight excluding hydrogens is 242 g/mol. The molecule has 3 heteroatoms. The lowest BCUT2D eigenvalue weighted by Crippen LogP contribution is -2.26. The smallest absolute Gasteiger partial charge is 0.219 e. The zero-order valence-corrected chi connectivity index (χ0v) is 10.2. The summed E-state index contributed by atoms with van der Waals surface area (Å²) in [6.07, 6.45) is 0. The van der Waals surface area contributed by atoms with Crippen LogP contribution in [0.2, 0.25) is 0 Å². The highest BCUT2D eigenvalue weighted by molar-refractivity contribution is 9.10. The van der Waals surface area contributed by atoms with E-state index in [1.165, 1.54) is 0 Å². The summed E-state index contributed by atoms with van der Waals surface area (Å²) >= 11 is 3.38. The van der Waals surface area contributed by atoms with Crippen LogP contribution in [0.1, 0.15) is 25.5 Å². The van der Waals surface area contributed by atoms with Crippen LogP contribution in [0.4, 0.5) is 0 Å². The maximum absolute atomic E-state index is 11.1. The molecule has 0 aromatic heterocycles. The molecule has 1 amide bonds. The predicted octanol–water partition coefficient (Wildman–Crippen LogP) is 2.99. The van der Waals surface area contributed by atoms with Crippen LogP contribution in [0.25, 0.3) is 0 Å². The SMILES string of the molecule is CC(=O)N(C)[C@H](C)c1ccc(Br)cc1. The van der Waals surface area contributed by atoms with Gasteiger partial charge < -0.3 is 4.90 Å². The van der Waals surface area contributed by atoms with Gasteiger partial charge in [-0.3, -0.25) is 4.79 Å². The number of benzene rings is 1. The van der Waals surface area contributed by atoms with Crippen molar-refractivity contribution in [1.82, 2.24) is 4.90 Å². The van der Waals surface area contributed by atoms with Gasteiger partial charge >= 0.3 is 0 Å². The molecule has 0 aliphatic carbocycles.